The standard InChI is InChI=1S/C19H32O2/c1-13(11-14-8-10-18(2,21)12-14)15-6-7-16-17(20)5-4-9-19(15,16)3/h8,10,13-17,20-21H,4-7,9,11-12H2,1-3H3/t13-,14-,15-,16?,17?,18+,19-/m1/s1. The van der Waals surface area contributed by atoms with Crippen molar-refractivity contribution in [3.63, 3.8) is 0 Å². The number of fused-ring (bicyclic) bond motifs is 1. The first-order chi connectivity index (χ1) is 9.82. The number of allylic oxidation sites excluding steroid dienone is 1. The molecule has 0 radical (unpaired) electrons. The van der Waals surface area contributed by atoms with E-state index >= 15 is 0 Å². The normalized spacial score (nSPS) is 51.1. The first kappa shape index (κ1) is 15.6. The molecular formula is C19H32O2. The van der Waals surface area contributed by atoms with E-state index in [9.17, 15) is 10.2 Å². The highest BCUT2D eigenvalue weighted by Gasteiger charge is 2.52. The fourth-order valence-electron chi connectivity index (χ4n) is 5.94. The van der Waals surface area contributed by atoms with Crippen LogP contribution in [0.15, 0.2) is 12.2 Å². The van der Waals surface area contributed by atoms with Gasteiger partial charge in [0, 0.05) is 0 Å². The molecule has 3 aliphatic carbocycles. The van der Waals surface area contributed by atoms with Crippen molar-refractivity contribution in [3.8, 4) is 0 Å². The highest BCUT2D eigenvalue weighted by Crippen LogP contribution is 2.58. The second-order valence-corrected chi connectivity index (χ2v) is 8.65. The molecule has 7 atom stereocenters. The van der Waals surface area contributed by atoms with Crippen LogP contribution in [0.2, 0.25) is 0 Å². The van der Waals surface area contributed by atoms with E-state index in [0.29, 0.717) is 23.2 Å². The zero-order valence-corrected chi connectivity index (χ0v) is 13.9. The summed E-state index contributed by atoms with van der Waals surface area (Å²) in [7, 11) is 0. The molecule has 2 nitrogen and oxygen atoms in total. The van der Waals surface area contributed by atoms with Crippen LogP contribution in [0.1, 0.15) is 65.7 Å². The van der Waals surface area contributed by atoms with Crippen LogP contribution in [0.5, 0.6) is 0 Å². The van der Waals surface area contributed by atoms with Gasteiger partial charge in [0.15, 0.2) is 0 Å². The van der Waals surface area contributed by atoms with Gasteiger partial charge in [0.05, 0.1) is 11.7 Å². The monoisotopic (exact) mass is 292 g/mol. The van der Waals surface area contributed by atoms with Crippen molar-refractivity contribution in [2.24, 2.45) is 29.1 Å². The van der Waals surface area contributed by atoms with Gasteiger partial charge in [-0.3, -0.25) is 0 Å². The number of aliphatic hydroxyl groups is 2. The minimum absolute atomic E-state index is 0.0620. The molecule has 0 aromatic carbocycles. The first-order valence-electron chi connectivity index (χ1n) is 8.92. The van der Waals surface area contributed by atoms with Crippen LogP contribution in [0.3, 0.4) is 0 Å². The van der Waals surface area contributed by atoms with Gasteiger partial charge in [-0.25, -0.2) is 0 Å². The van der Waals surface area contributed by atoms with Crippen LogP contribution in [0.25, 0.3) is 0 Å². The van der Waals surface area contributed by atoms with E-state index in [-0.39, 0.29) is 6.10 Å². The molecule has 3 rings (SSSR count). The van der Waals surface area contributed by atoms with Gasteiger partial charge >= 0.3 is 0 Å². The van der Waals surface area contributed by atoms with Gasteiger partial charge in [-0.05, 0) is 74.5 Å². The third-order valence-electron chi connectivity index (χ3n) is 6.93. The average molecular weight is 292 g/mol. The molecule has 2 unspecified atom stereocenters. The van der Waals surface area contributed by atoms with Crippen molar-refractivity contribution in [1.82, 2.24) is 0 Å². The maximum absolute atomic E-state index is 10.4. The van der Waals surface area contributed by atoms with Crippen LogP contribution in [0.4, 0.5) is 0 Å². The smallest absolute Gasteiger partial charge is 0.0805 e. The average Bonchev–Trinajstić information content (AvgIpc) is 2.90. The fraction of sp³-hybridized carbons (Fsp3) is 0.895. The van der Waals surface area contributed by atoms with E-state index in [4.69, 9.17) is 0 Å². The van der Waals surface area contributed by atoms with Crippen molar-refractivity contribution < 1.29 is 10.2 Å². The lowest BCUT2D eigenvalue weighted by molar-refractivity contribution is -0.0289. The van der Waals surface area contributed by atoms with Crippen molar-refractivity contribution in [2.45, 2.75) is 77.4 Å². The predicted molar refractivity (Wildman–Crippen MR) is 85.8 cm³/mol. The van der Waals surface area contributed by atoms with E-state index in [2.05, 4.69) is 19.9 Å². The lowest BCUT2D eigenvalue weighted by Crippen LogP contribution is -2.41. The molecule has 0 aromatic heterocycles. The Morgan fingerprint density at radius 2 is 2.00 bits per heavy atom. The summed E-state index contributed by atoms with van der Waals surface area (Å²) in [6.45, 7) is 6.76. The molecule has 3 aliphatic rings. The Kier molecular flexibility index (Phi) is 3.99. The second kappa shape index (κ2) is 5.38. The lowest BCUT2D eigenvalue weighted by atomic mass is 9.61. The third kappa shape index (κ3) is 2.82. The molecule has 2 saturated carbocycles. The van der Waals surface area contributed by atoms with E-state index in [1.54, 1.807) is 0 Å². The summed E-state index contributed by atoms with van der Waals surface area (Å²) < 4.78 is 0. The molecule has 21 heavy (non-hydrogen) atoms. The SMILES string of the molecule is C[C@H](C[C@H]1C=C[C@](C)(O)C1)[C@H]1CCC2C(O)CCC[C@@]21C. The number of hydrogen-bond donors (Lipinski definition) is 2. The van der Waals surface area contributed by atoms with Gasteiger partial charge in [-0.2, -0.15) is 0 Å². The van der Waals surface area contributed by atoms with Gasteiger partial charge < -0.3 is 10.2 Å². The minimum atomic E-state index is -0.590. The van der Waals surface area contributed by atoms with Crippen LogP contribution >= 0.6 is 0 Å². The Morgan fingerprint density at radius 1 is 1.24 bits per heavy atom. The summed E-state index contributed by atoms with van der Waals surface area (Å²) >= 11 is 0. The summed E-state index contributed by atoms with van der Waals surface area (Å²) in [5, 5.41) is 20.4. The summed E-state index contributed by atoms with van der Waals surface area (Å²) in [5.74, 6) is 2.50. The Bertz CT molecular complexity index is 414. The van der Waals surface area contributed by atoms with Crippen molar-refractivity contribution in [1.29, 1.82) is 0 Å². The fourth-order valence-corrected chi connectivity index (χ4v) is 5.94. The van der Waals surface area contributed by atoms with Crippen molar-refractivity contribution in [2.75, 3.05) is 0 Å². The molecular weight excluding hydrogens is 260 g/mol. The van der Waals surface area contributed by atoms with Gasteiger partial charge in [0.25, 0.3) is 0 Å². The topological polar surface area (TPSA) is 40.5 Å². The van der Waals surface area contributed by atoms with Crippen LogP contribution in [-0.4, -0.2) is 21.9 Å². The maximum Gasteiger partial charge on any atom is 0.0805 e. The molecule has 0 aromatic rings. The number of rotatable bonds is 3. The van der Waals surface area contributed by atoms with Crippen molar-refractivity contribution >= 4 is 0 Å². The molecule has 0 spiro atoms. The molecule has 2 fully saturated rings. The molecule has 2 N–H and O–H groups in total. The van der Waals surface area contributed by atoms with Crippen LogP contribution in [0, 0.1) is 29.1 Å². The Balaban J connectivity index is 1.65. The second-order valence-electron chi connectivity index (χ2n) is 8.65. The van der Waals surface area contributed by atoms with E-state index in [1.807, 2.05) is 13.0 Å². The van der Waals surface area contributed by atoms with Gasteiger partial charge in [-0.15, -0.1) is 0 Å². The summed E-state index contributed by atoms with van der Waals surface area (Å²) in [4.78, 5) is 0. The molecule has 0 amide bonds. The van der Waals surface area contributed by atoms with Crippen molar-refractivity contribution in [3.05, 3.63) is 12.2 Å². The first-order valence-corrected chi connectivity index (χ1v) is 8.92. The lowest BCUT2D eigenvalue weighted by Gasteiger charge is -2.45. The van der Waals surface area contributed by atoms with E-state index in [1.165, 1.54) is 32.1 Å². The molecule has 0 bridgehead atoms. The Morgan fingerprint density at radius 3 is 2.67 bits per heavy atom. The summed E-state index contributed by atoms with van der Waals surface area (Å²) in [5.41, 5.74) is -0.241. The maximum atomic E-state index is 10.4. The zero-order chi connectivity index (χ0) is 15.3. The van der Waals surface area contributed by atoms with E-state index < -0.39 is 5.60 Å². The molecule has 0 saturated heterocycles. The Labute approximate surface area is 129 Å². The van der Waals surface area contributed by atoms with E-state index in [0.717, 1.165) is 18.8 Å². The van der Waals surface area contributed by atoms with Crippen LogP contribution in [-0.2, 0) is 0 Å². The Hall–Kier alpha value is -0.340. The minimum Gasteiger partial charge on any atom is -0.393 e. The largest absolute Gasteiger partial charge is 0.393 e. The quantitative estimate of drug-likeness (QED) is 0.774. The van der Waals surface area contributed by atoms with Gasteiger partial charge in [-0.1, -0.05) is 32.4 Å². The number of aliphatic hydroxyl groups excluding tert-OH is 1. The molecule has 0 aliphatic heterocycles. The summed E-state index contributed by atoms with van der Waals surface area (Å²) in [6, 6.07) is 0. The third-order valence-corrected chi connectivity index (χ3v) is 6.93. The zero-order valence-electron chi connectivity index (χ0n) is 13.9. The highest BCUT2D eigenvalue weighted by atomic mass is 16.3. The predicted octanol–water partition coefficient (Wildman–Crippen LogP) is 3.92. The van der Waals surface area contributed by atoms with Gasteiger partial charge in [0.1, 0.15) is 0 Å². The van der Waals surface area contributed by atoms with Crippen LogP contribution < -0.4 is 0 Å². The molecule has 0 heterocycles. The summed E-state index contributed by atoms with van der Waals surface area (Å²) in [6.07, 6.45) is 12.2. The number of hydrogen-bond acceptors (Lipinski definition) is 2. The molecule has 120 valence electrons. The van der Waals surface area contributed by atoms with Gasteiger partial charge in [0.2, 0.25) is 0 Å². The highest BCUT2D eigenvalue weighted by molar-refractivity contribution is 5.11. The molecule has 2 heteroatoms.